The fraction of sp³-hybridized carbons (Fsp3) is 0.0938. The van der Waals surface area contributed by atoms with Crippen LogP contribution in [-0.2, 0) is 0 Å². The average Bonchev–Trinajstić information content (AvgIpc) is 3.98. The molecule has 12 rings (SSSR count). The number of para-hydroxylation sites is 2. The highest BCUT2D eigenvalue weighted by atomic mass is 32.1. The molecule has 0 unspecified atom stereocenters. The van der Waals surface area contributed by atoms with Crippen molar-refractivity contribution in [2.75, 3.05) is 9.80 Å². The first-order valence-electron chi connectivity index (χ1n) is 23.7. The zero-order chi connectivity index (χ0) is 45.9. The second kappa shape index (κ2) is 17.3. The summed E-state index contributed by atoms with van der Waals surface area (Å²) in [4.78, 5) is 7.91. The largest absolute Gasteiger partial charge is 0.309 e. The Morgan fingerprint density at radius 2 is 0.662 bits per heavy atom. The molecule has 0 saturated carbocycles. The number of thiophene rings is 2. The molecule has 0 aliphatic heterocycles. The summed E-state index contributed by atoms with van der Waals surface area (Å²) in [5, 5.41) is 9.88. The van der Waals surface area contributed by atoms with Gasteiger partial charge in [-0.1, -0.05) is 198 Å². The van der Waals surface area contributed by atoms with E-state index >= 15 is 0 Å². The summed E-state index contributed by atoms with van der Waals surface area (Å²) in [7, 11) is 0. The van der Waals surface area contributed by atoms with Crippen LogP contribution in [0.2, 0.25) is 0 Å². The molecule has 68 heavy (non-hydrogen) atoms. The summed E-state index contributed by atoms with van der Waals surface area (Å²) in [6.45, 7) is 9.44. The summed E-state index contributed by atoms with van der Waals surface area (Å²) in [6, 6.07) is 80.7. The van der Waals surface area contributed by atoms with Crippen LogP contribution in [0.3, 0.4) is 0 Å². The van der Waals surface area contributed by atoms with E-state index in [9.17, 15) is 0 Å². The van der Waals surface area contributed by atoms with E-state index in [-0.39, 0.29) is 0 Å². The molecule has 2 nitrogen and oxygen atoms in total. The standard InChI is InChI=1S/C64H50N2S2/c1-41(2)61-57(45-25-9-5-10-26-45)51-39-55(65(47-31-13-7-14-32-47)53-37-21-29-43-23-17-19-35-49(43)53)60-59(63(51)67-61)56(40-52-58(46-27-11-6-12-28-46)62(42(3)4)68-64(52)60)66(48-33-15-8-16-34-48)54-38-22-30-44-24-18-20-36-50(44)54/h5-42H,1-4H3. The average molecular weight is 911 g/mol. The molecule has 0 N–H and O–H groups in total. The van der Waals surface area contributed by atoms with Crippen molar-refractivity contribution in [2.45, 2.75) is 39.5 Å². The summed E-state index contributed by atoms with van der Waals surface area (Å²) in [5.41, 5.74) is 12.0. The molecule has 0 amide bonds. The van der Waals surface area contributed by atoms with Gasteiger partial charge in [0.1, 0.15) is 0 Å². The SMILES string of the molecule is CC(C)c1sc2c(cc(N(c3ccccc3)c3cccc4ccccc34)c3c4sc(C(C)C)c(-c5ccccc5)c4cc(N(c4ccccc4)c4cccc5ccccc45)c23)c1-c1ccccc1. The van der Waals surface area contributed by atoms with Gasteiger partial charge in [-0.3, -0.25) is 0 Å². The second-order valence-corrected chi connectivity index (χ2v) is 20.5. The first kappa shape index (κ1) is 41.9. The van der Waals surface area contributed by atoms with Crippen molar-refractivity contribution in [1.29, 1.82) is 0 Å². The second-order valence-electron chi connectivity index (χ2n) is 18.4. The van der Waals surface area contributed by atoms with Crippen molar-refractivity contribution in [3.63, 3.8) is 0 Å². The number of anilines is 6. The molecule has 328 valence electrons. The van der Waals surface area contributed by atoms with Crippen molar-refractivity contribution in [1.82, 2.24) is 0 Å². The molecule has 0 radical (unpaired) electrons. The fourth-order valence-corrected chi connectivity index (χ4v) is 13.2. The van der Waals surface area contributed by atoms with E-state index in [0.29, 0.717) is 11.8 Å². The molecule has 0 aliphatic carbocycles. The Morgan fingerprint density at radius 1 is 0.324 bits per heavy atom. The molecule has 0 fully saturated rings. The van der Waals surface area contributed by atoms with Gasteiger partial charge < -0.3 is 9.80 Å². The van der Waals surface area contributed by atoms with Crippen LogP contribution in [0.25, 0.3) is 74.7 Å². The Kier molecular flexibility index (Phi) is 10.7. The Bertz CT molecular complexity index is 3530. The molecule has 0 spiro atoms. The van der Waals surface area contributed by atoms with Gasteiger partial charge >= 0.3 is 0 Å². The Labute approximate surface area is 406 Å². The topological polar surface area (TPSA) is 6.48 Å². The highest BCUT2D eigenvalue weighted by Gasteiger charge is 2.31. The molecule has 4 heteroatoms. The molecule has 0 saturated heterocycles. The maximum atomic E-state index is 2.57. The normalized spacial score (nSPS) is 11.8. The van der Waals surface area contributed by atoms with Crippen LogP contribution in [-0.4, -0.2) is 0 Å². The molecule has 2 heterocycles. The van der Waals surface area contributed by atoms with Crippen LogP contribution in [0.4, 0.5) is 34.1 Å². The van der Waals surface area contributed by atoms with Gasteiger partial charge in [-0.2, -0.15) is 0 Å². The van der Waals surface area contributed by atoms with Crippen LogP contribution >= 0.6 is 22.7 Å². The zero-order valence-electron chi connectivity index (χ0n) is 38.7. The number of benzene rings is 10. The highest BCUT2D eigenvalue weighted by Crippen LogP contribution is 2.58. The minimum absolute atomic E-state index is 0.291. The first-order valence-corrected chi connectivity index (χ1v) is 25.4. The van der Waals surface area contributed by atoms with E-state index in [1.165, 1.54) is 84.5 Å². The van der Waals surface area contributed by atoms with Crippen molar-refractivity contribution < 1.29 is 0 Å². The minimum atomic E-state index is 0.291. The number of hydrogen-bond acceptors (Lipinski definition) is 4. The fourth-order valence-electron chi connectivity index (χ4n) is 10.5. The number of hydrogen-bond donors (Lipinski definition) is 0. The van der Waals surface area contributed by atoms with Crippen molar-refractivity contribution in [3.05, 3.63) is 228 Å². The van der Waals surface area contributed by atoms with E-state index in [4.69, 9.17) is 0 Å². The lowest BCUT2D eigenvalue weighted by Gasteiger charge is -2.31. The smallest absolute Gasteiger partial charge is 0.0562 e. The summed E-state index contributed by atoms with van der Waals surface area (Å²) in [6.07, 6.45) is 0. The van der Waals surface area contributed by atoms with Gasteiger partial charge in [0.15, 0.2) is 0 Å². The molecule has 10 aromatic carbocycles. The molecule has 0 aliphatic rings. The Morgan fingerprint density at radius 3 is 1.04 bits per heavy atom. The Hall–Kier alpha value is -7.50. The Balaban J connectivity index is 1.37. The lowest BCUT2D eigenvalue weighted by atomic mass is 9.91. The summed E-state index contributed by atoms with van der Waals surface area (Å²) >= 11 is 3.96. The van der Waals surface area contributed by atoms with E-state index in [1.54, 1.807) is 0 Å². The van der Waals surface area contributed by atoms with Crippen molar-refractivity contribution in [2.24, 2.45) is 0 Å². The molecule has 2 aromatic heterocycles. The number of fused-ring (bicyclic) bond motifs is 7. The monoisotopic (exact) mass is 910 g/mol. The van der Waals surface area contributed by atoms with E-state index in [2.05, 4.69) is 256 Å². The number of nitrogens with zero attached hydrogens (tertiary/aromatic N) is 2. The van der Waals surface area contributed by atoms with Crippen molar-refractivity contribution >= 4 is 109 Å². The molecule has 12 aromatic rings. The van der Waals surface area contributed by atoms with Gasteiger partial charge in [-0.15, -0.1) is 22.7 Å². The van der Waals surface area contributed by atoms with Crippen LogP contribution in [0.1, 0.15) is 49.3 Å². The third kappa shape index (κ3) is 6.98. The van der Waals surface area contributed by atoms with Gasteiger partial charge in [-0.25, -0.2) is 0 Å². The van der Waals surface area contributed by atoms with E-state index < -0.39 is 0 Å². The van der Waals surface area contributed by atoms with Crippen molar-refractivity contribution in [3.8, 4) is 22.3 Å². The van der Waals surface area contributed by atoms with Gasteiger partial charge in [0, 0.05) is 74.0 Å². The zero-order valence-corrected chi connectivity index (χ0v) is 40.3. The van der Waals surface area contributed by atoms with Crippen LogP contribution < -0.4 is 9.80 Å². The van der Waals surface area contributed by atoms with Gasteiger partial charge in [0.25, 0.3) is 0 Å². The predicted molar refractivity (Wildman–Crippen MR) is 298 cm³/mol. The molecule has 0 bridgehead atoms. The lowest BCUT2D eigenvalue weighted by Crippen LogP contribution is -2.13. The number of rotatable bonds is 10. The maximum Gasteiger partial charge on any atom is 0.0562 e. The lowest BCUT2D eigenvalue weighted by molar-refractivity contribution is 0.892. The minimum Gasteiger partial charge on any atom is -0.309 e. The predicted octanol–water partition coefficient (Wildman–Crippen LogP) is 20.1. The third-order valence-corrected chi connectivity index (χ3v) is 16.5. The first-order chi connectivity index (χ1) is 33.4. The van der Waals surface area contributed by atoms with Crippen LogP contribution in [0.5, 0.6) is 0 Å². The molecular weight excluding hydrogens is 861 g/mol. The quantitative estimate of drug-likeness (QED) is 0.135. The molecular formula is C64H50N2S2. The maximum absolute atomic E-state index is 2.57. The van der Waals surface area contributed by atoms with Gasteiger partial charge in [0.05, 0.1) is 22.7 Å². The van der Waals surface area contributed by atoms with E-state index in [0.717, 1.165) is 34.1 Å². The molecule has 0 atom stereocenters. The summed E-state index contributed by atoms with van der Waals surface area (Å²) < 4.78 is 2.60. The highest BCUT2D eigenvalue weighted by molar-refractivity contribution is 7.22. The summed E-state index contributed by atoms with van der Waals surface area (Å²) in [5.74, 6) is 0.581. The van der Waals surface area contributed by atoms with Gasteiger partial charge in [-0.05, 0) is 82.3 Å². The van der Waals surface area contributed by atoms with Gasteiger partial charge in [0.2, 0.25) is 0 Å². The van der Waals surface area contributed by atoms with Crippen LogP contribution in [0, 0.1) is 0 Å². The van der Waals surface area contributed by atoms with Crippen LogP contribution in [0.15, 0.2) is 218 Å². The van der Waals surface area contributed by atoms with E-state index in [1.807, 2.05) is 22.7 Å². The third-order valence-electron chi connectivity index (χ3n) is 13.4.